The highest BCUT2D eigenvalue weighted by atomic mass is 35.5. The highest BCUT2D eigenvalue weighted by Crippen LogP contribution is 2.34. The van der Waals surface area contributed by atoms with Crippen molar-refractivity contribution in [2.24, 2.45) is 0 Å². The first-order valence-corrected chi connectivity index (χ1v) is 9.02. The molecule has 0 bridgehead atoms. The maximum absolute atomic E-state index is 12.5. The van der Waals surface area contributed by atoms with E-state index in [4.69, 9.17) is 28.9 Å². The van der Waals surface area contributed by atoms with Crippen LogP contribution in [-0.4, -0.2) is 37.8 Å². The molecule has 0 aromatic heterocycles. The number of anilines is 1. The topological polar surface area (TPSA) is 63.4 Å². The molecule has 0 spiro atoms. The Morgan fingerprint density at radius 2 is 1.84 bits per heavy atom. The molecule has 8 heteroatoms. The van der Waals surface area contributed by atoms with Crippen molar-refractivity contribution in [3.8, 4) is 0 Å². The van der Waals surface area contributed by atoms with Gasteiger partial charge in [0, 0.05) is 24.5 Å². The molecule has 1 rings (SSSR count). The highest BCUT2D eigenvalue weighted by molar-refractivity contribution is 7.98. The number of nitrogens with two attached hydrogens (primary N) is 1. The van der Waals surface area contributed by atoms with Crippen molar-refractivity contribution in [2.75, 3.05) is 24.8 Å². The van der Waals surface area contributed by atoms with Crippen LogP contribution in [0.2, 0.25) is 10.0 Å². The third kappa shape index (κ3) is 3.70. The van der Waals surface area contributed by atoms with Gasteiger partial charge in [-0.3, -0.25) is 0 Å². The van der Waals surface area contributed by atoms with E-state index in [-0.39, 0.29) is 21.0 Å². The molecule has 0 radical (unpaired) electrons. The first-order valence-electron chi connectivity index (χ1n) is 5.43. The smallest absolute Gasteiger partial charge is 0.246 e. The van der Waals surface area contributed by atoms with Crippen molar-refractivity contribution >= 4 is 50.7 Å². The van der Waals surface area contributed by atoms with Gasteiger partial charge in [0.15, 0.2) is 0 Å². The van der Waals surface area contributed by atoms with E-state index in [2.05, 4.69) is 0 Å². The molecule has 1 aromatic carbocycles. The molecular weight excluding hydrogens is 327 g/mol. The number of benzene rings is 1. The van der Waals surface area contributed by atoms with E-state index in [1.807, 2.05) is 13.2 Å². The molecule has 0 fully saturated rings. The molecule has 0 aliphatic carbocycles. The Bertz CT molecular complexity index is 541. The van der Waals surface area contributed by atoms with Gasteiger partial charge in [-0.25, -0.2) is 8.42 Å². The van der Waals surface area contributed by atoms with Gasteiger partial charge in [-0.15, -0.1) is 0 Å². The molecule has 19 heavy (non-hydrogen) atoms. The van der Waals surface area contributed by atoms with Crippen molar-refractivity contribution in [3.05, 3.63) is 22.2 Å². The number of nitrogen functional groups attached to an aromatic ring is 1. The summed E-state index contributed by atoms with van der Waals surface area (Å²) in [6.45, 7) is 1.83. The van der Waals surface area contributed by atoms with Crippen LogP contribution >= 0.6 is 35.0 Å². The average Bonchev–Trinajstić information content (AvgIpc) is 2.26. The maximum atomic E-state index is 12.5. The number of hydrogen-bond acceptors (Lipinski definition) is 4. The Balaban J connectivity index is 3.28. The lowest BCUT2D eigenvalue weighted by Crippen LogP contribution is -2.36. The van der Waals surface area contributed by atoms with Crippen molar-refractivity contribution < 1.29 is 8.42 Å². The molecule has 0 saturated heterocycles. The molecule has 0 heterocycles. The fourth-order valence-electron chi connectivity index (χ4n) is 1.55. The van der Waals surface area contributed by atoms with Crippen molar-refractivity contribution in [3.63, 3.8) is 0 Å². The van der Waals surface area contributed by atoms with Crippen LogP contribution in [0, 0.1) is 0 Å². The quantitative estimate of drug-likeness (QED) is 0.835. The fraction of sp³-hybridized carbons (Fsp3) is 0.455. The Kier molecular flexibility index (Phi) is 5.82. The number of nitrogens with zero attached hydrogens (tertiary/aromatic N) is 1. The normalized spacial score (nSPS) is 13.8. The molecule has 0 saturated carbocycles. The minimum absolute atomic E-state index is 0.0354. The summed E-state index contributed by atoms with van der Waals surface area (Å²) in [5.74, 6) is 0.680. The zero-order chi connectivity index (χ0) is 14.8. The Morgan fingerprint density at radius 3 is 2.26 bits per heavy atom. The second-order valence-corrected chi connectivity index (χ2v) is 7.80. The van der Waals surface area contributed by atoms with E-state index in [0.717, 1.165) is 0 Å². The molecule has 0 aliphatic rings. The molecular formula is C11H16Cl2N2O2S2. The number of thioether (sulfide) groups is 1. The molecule has 1 aromatic rings. The van der Waals surface area contributed by atoms with Gasteiger partial charge in [-0.05, 0) is 25.3 Å². The lowest BCUT2D eigenvalue weighted by Gasteiger charge is -2.24. The van der Waals surface area contributed by atoms with Crippen LogP contribution in [0.15, 0.2) is 17.0 Å². The van der Waals surface area contributed by atoms with E-state index in [1.54, 1.807) is 11.8 Å². The standard InChI is InChI=1S/C11H16Cl2N2O2S2/c1-7(6-18-3)15(2)19(16,17)11-9(12)4-8(14)5-10(11)13/h4-5,7H,6,14H2,1-3H3. The molecule has 0 amide bonds. The largest absolute Gasteiger partial charge is 0.399 e. The van der Waals surface area contributed by atoms with Crippen molar-refractivity contribution in [1.29, 1.82) is 0 Å². The summed E-state index contributed by atoms with van der Waals surface area (Å²) in [6.07, 6.45) is 1.92. The van der Waals surface area contributed by atoms with Crippen LogP contribution in [0.5, 0.6) is 0 Å². The van der Waals surface area contributed by atoms with Crippen LogP contribution in [0.3, 0.4) is 0 Å². The zero-order valence-corrected chi connectivity index (χ0v) is 14.0. The minimum Gasteiger partial charge on any atom is -0.399 e. The number of hydrogen-bond donors (Lipinski definition) is 1. The molecule has 4 nitrogen and oxygen atoms in total. The van der Waals surface area contributed by atoms with Crippen LogP contribution < -0.4 is 5.73 Å². The van der Waals surface area contributed by atoms with E-state index in [1.165, 1.54) is 23.5 Å². The summed E-state index contributed by atoms with van der Waals surface area (Å²) in [6, 6.07) is 2.60. The molecule has 1 atom stereocenters. The monoisotopic (exact) mass is 342 g/mol. The Labute approximate surface area is 128 Å². The molecule has 108 valence electrons. The number of halogens is 2. The first-order chi connectivity index (χ1) is 8.71. The predicted molar refractivity (Wildman–Crippen MR) is 83.7 cm³/mol. The molecule has 1 unspecified atom stereocenters. The van der Waals surface area contributed by atoms with Gasteiger partial charge in [0.1, 0.15) is 4.90 Å². The van der Waals surface area contributed by atoms with Gasteiger partial charge in [0.2, 0.25) is 10.0 Å². The first kappa shape index (κ1) is 16.9. The van der Waals surface area contributed by atoms with Crippen molar-refractivity contribution in [2.45, 2.75) is 17.9 Å². The van der Waals surface area contributed by atoms with E-state index in [0.29, 0.717) is 11.4 Å². The van der Waals surface area contributed by atoms with Gasteiger partial charge in [0.05, 0.1) is 10.0 Å². The second-order valence-electron chi connectivity index (χ2n) is 4.14. The maximum Gasteiger partial charge on any atom is 0.246 e. The summed E-state index contributed by atoms with van der Waals surface area (Å²) in [5, 5.41) is 0.0707. The Hall–Kier alpha value is -0.140. The second kappa shape index (κ2) is 6.54. The fourth-order valence-corrected chi connectivity index (χ4v) is 4.89. The number of rotatable bonds is 5. The molecule has 0 aliphatic heterocycles. The summed E-state index contributed by atoms with van der Waals surface area (Å²) < 4.78 is 26.3. The third-order valence-corrected chi connectivity index (χ3v) is 6.40. The summed E-state index contributed by atoms with van der Waals surface area (Å²) in [4.78, 5) is -0.0968. The van der Waals surface area contributed by atoms with Crippen LogP contribution in [0.25, 0.3) is 0 Å². The predicted octanol–water partition coefficient (Wildman–Crippen LogP) is 2.95. The van der Waals surface area contributed by atoms with Gasteiger partial charge in [0.25, 0.3) is 0 Å². The van der Waals surface area contributed by atoms with Crippen LogP contribution in [0.1, 0.15) is 6.92 Å². The van der Waals surface area contributed by atoms with Gasteiger partial charge >= 0.3 is 0 Å². The van der Waals surface area contributed by atoms with Crippen molar-refractivity contribution in [1.82, 2.24) is 4.31 Å². The van der Waals surface area contributed by atoms with E-state index < -0.39 is 10.0 Å². The number of sulfonamides is 1. The van der Waals surface area contributed by atoms with Gasteiger partial charge < -0.3 is 5.73 Å². The van der Waals surface area contributed by atoms with Gasteiger partial charge in [-0.1, -0.05) is 23.2 Å². The lowest BCUT2D eigenvalue weighted by atomic mass is 10.3. The minimum atomic E-state index is -3.74. The average molecular weight is 343 g/mol. The van der Waals surface area contributed by atoms with E-state index in [9.17, 15) is 8.42 Å². The highest BCUT2D eigenvalue weighted by Gasteiger charge is 2.29. The zero-order valence-electron chi connectivity index (χ0n) is 10.9. The third-order valence-electron chi connectivity index (χ3n) is 2.69. The SMILES string of the molecule is CSCC(C)N(C)S(=O)(=O)c1c(Cl)cc(N)cc1Cl. The Morgan fingerprint density at radius 1 is 1.37 bits per heavy atom. The van der Waals surface area contributed by atoms with Crippen LogP contribution in [0.4, 0.5) is 5.69 Å². The molecule has 2 N–H and O–H groups in total. The van der Waals surface area contributed by atoms with Gasteiger partial charge in [-0.2, -0.15) is 16.1 Å². The van der Waals surface area contributed by atoms with Crippen LogP contribution in [-0.2, 0) is 10.0 Å². The summed E-state index contributed by atoms with van der Waals surface area (Å²) >= 11 is 13.5. The van der Waals surface area contributed by atoms with E-state index >= 15 is 0 Å². The lowest BCUT2D eigenvalue weighted by molar-refractivity contribution is 0.415. The summed E-state index contributed by atoms with van der Waals surface area (Å²) in [5.41, 5.74) is 5.90. The summed E-state index contributed by atoms with van der Waals surface area (Å²) in [7, 11) is -2.22.